The summed E-state index contributed by atoms with van der Waals surface area (Å²) in [6.45, 7) is 0.459. The van der Waals surface area contributed by atoms with Gasteiger partial charge in [-0.15, -0.1) is 0 Å². The Kier molecular flexibility index (Phi) is 2.79. The van der Waals surface area contributed by atoms with Crippen molar-refractivity contribution in [2.24, 2.45) is 0 Å². The number of aliphatic hydroxyl groups is 1. The Balaban J connectivity index is 1.81. The molecule has 2 atom stereocenters. The largest absolute Gasteiger partial charge is 0.386 e. The normalized spacial score (nSPS) is 27.8. The quantitative estimate of drug-likeness (QED) is 0.890. The number of rotatable bonds is 2. The van der Waals surface area contributed by atoms with Crippen molar-refractivity contribution in [1.29, 1.82) is 0 Å². The van der Waals surface area contributed by atoms with E-state index >= 15 is 0 Å². The minimum absolute atomic E-state index is 0.114. The molecule has 0 unspecified atom stereocenters. The maximum atomic E-state index is 11.8. The molecular weight excluding hydrogens is 302 g/mol. The van der Waals surface area contributed by atoms with Crippen molar-refractivity contribution in [3.63, 3.8) is 0 Å². The van der Waals surface area contributed by atoms with Gasteiger partial charge in [0.1, 0.15) is 5.60 Å². The lowest BCUT2D eigenvalue weighted by molar-refractivity contribution is 0.0193. The number of aromatic nitrogens is 2. The van der Waals surface area contributed by atoms with Gasteiger partial charge in [-0.25, -0.2) is 13.4 Å². The molecule has 0 spiro atoms. The second-order valence-electron chi connectivity index (χ2n) is 6.13. The first-order chi connectivity index (χ1) is 10.4. The molecule has 0 saturated carbocycles. The van der Waals surface area contributed by atoms with Crippen LogP contribution in [0, 0.1) is 0 Å². The SMILES string of the molecule is CS(=O)(=O)N1CC[C@@](O)([C@@H]2c3ccccc3-c3cncn32)C1. The van der Waals surface area contributed by atoms with Crippen LogP contribution in [0.4, 0.5) is 0 Å². The third-order valence-electron chi connectivity index (χ3n) is 4.70. The van der Waals surface area contributed by atoms with E-state index in [4.69, 9.17) is 0 Å². The summed E-state index contributed by atoms with van der Waals surface area (Å²) in [5.74, 6) is 0. The van der Waals surface area contributed by atoms with Crippen molar-refractivity contribution in [3.05, 3.63) is 42.4 Å². The average molecular weight is 319 g/mol. The van der Waals surface area contributed by atoms with Gasteiger partial charge in [-0.3, -0.25) is 0 Å². The van der Waals surface area contributed by atoms with Gasteiger partial charge in [-0.2, -0.15) is 4.31 Å². The fourth-order valence-electron chi connectivity index (χ4n) is 3.67. The van der Waals surface area contributed by atoms with Crippen LogP contribution in [0.25, 0.3) is 11.3 Å². The van der Waals surface area contributed by atoms with Crippen molar-refractivity contribution in [3.8, 4) is 11.3 Å². The van der Waals surface area contributed by atoms with Crippen molar-refractivity contribution < 1.29 is 13.5 Å². The molecule has 4 rings (SSSR count). The van der Waals surface area contributed by atoms with E-state index in [0.29, 0.717) is 13.0 Å². The van der Waals surface area contributed by atoms with E-state index in [9.17, 15) is 13.5 Å². The minimum atomic E-state index is -3.30. The number of β-amino-alcohol motifs (C(OH)–C–C–N with tert-alkyl or cyclic N) is 1. The number of imidazole rings is 1. The van der Waals surface area contributed by atoms with Crippen LogP contribution in [0.5, 0.6) is 0 Å². The molecule has 1 aromatic heterocycles. The molecule has 7 heteroatoms. The number of benzene rings is 1. The lowest BCUT2D eigenvalue weighted by atomic mass is 9.87. The Morgan fingerprint density at radius 1 is 1.36 bits per heavy atom. The van der Waals surface area contributed by atoms with Crippen molar-refractivity contribution in [2.75, 3.05) is 19.3 Å². The Morgan fingerprint density at radius 2 is 2.14 bits per heavy atom. The second-order valence-corrected chi connectivity index (χ2v) is 8.11. The molecule has 2 aromatic rings. The van der Waals surface area contributed by atoms with Gasteiger partial charge in [0.2, 0.25) is 10.0 Å². The highest BCUT2D eigenvalue weighted by Gasteiger charge is 2.49. The molecule has 0 radical (unpaired) electrons. The minimum Gasteiger partial charge on any atom is -0.386 e. The first-order valence-corrected chi connectivity index (χ1v) is 9.04. The van der Waals surface area contributed by atoms with Gasteiger partial charge < -0.3 is 9.67 Å². The van der Waals surface area contributed by atoms with Gasteiger partial charge >= 0.3 is 0 Å². The number of nitrogens with zero attached hydrogens (tertiary/aromatic N) is 3. The molecule has 22 heavy (non-hydrogen) atoms. The monoisotopic (exact) mass is 319 g/mol. The van der Waals surface area contributed by atoms with Crippen molar-refractivity contribution in [2.45, 2.75) is 18.1 Å². The summed E-state index contributed by atoms with van der Waals surface area (Å²) in [7, 11) is -3.30. The third-order valence-corrected chi connectivity index (χ3v) is 5.95. The zero-order valence-electron chi connectivity index (χ0n) is 12.2. The molecular formula is C15H17N3O3S. The van der Waals surface area contributed by atoms with Crippen LogP contribution < -0.4 is 0 Å². The molecule has 1 saturated heterocycles. The van der Waals surface area contributed by atoms with E-state index < -0.39 is 15.6 Å². The van der Waals surface area contributed by atoms with Crippen LogP contribution in [0.3, 0.4) is 0 Å². The van der Waals surface area contributed by atoms with Gasteiger partial charge in [0.25, 0.3) is 0 Å². The van der Waals surface area contributed by atoms with E-state index in [1.54, 1.807) is 12.5 Å². The number of hydrogen-bond donors (Lipinski definition) is 1. The summed E-state index contributed by atoms with van der Waals surface area (Å²) in [6, 6.07) is 7.61. The first-order valence-electron chi connectivity index (χ1n) is 7.19. The highest BCUT2D eigenvalue weighted by molar-refractivity contribution is 7.88. The fourth-order valence-corrected chi connectivity index (χ4v) is 4.55. The number of fused-ring (bicyclic) bond motifs is 3. The summed E-state index contributed by atoms with van der Waals surface area (Å²) < 4.78 is 26.9. The number of sulfonamides is 1. The van der Waals surface area contributed by atoms with Gasteiger partial charge in [-0.05, 0) is 12.0 Å². The Bertz CT molecular complexity index is 845. The maximum absolute atomic E-state index is 11.8. The van der Waals surface area contributed by atoms with Gasteiger partial charge in [-0.1, -0.05) is 24.3 Å². The highest BCUT2D eigenvalue weighted by atomic mass is 32.2. The molecule has 6 nitrogen and oxygen atoms in total. The predicted molar refractivity (Wildman–Crippen MR) is 81.8 cm³/mol. The van der Waals surface area contributed by atoms with Crippen molar-refractivity contribution in [1.82, 2.24) is 13.9 Å². The summed E-state index contributed by atoms with van der Waals surface area (Å²) in [5.41, 5.74) is 1.92. The lowest BCUT2D eigenvalue weighted by Crippen LogP contribution is -2.42. The third kappa shape index (κ3) is 1.86. The zero-order chi connectivity index (χ0) is 15.5. The van der Waals surface area contributed by atoms with Crippen molar-refractivity contribution >= 4 is 10.0 Å². The zero-order valence-corrected chi connectivity index (χ0v) is 13.0. The Labute approximate surface area is 129 Å². The molecule has 2 aliphatic heterocycles. The van der Waals surface area contributed by atoms with E-state index in [1.165, 1.54) is 10.6 Å². The second kappa shape index (κ2) is 4.41. The van der Waals surface area contributed by atoms with Gasteiger partial charge in [0.05, 0.1) is 30.5 Å². The molecule has 116 valence electrons. The van der Waals surface area contributed by atoms with Crippen LogP contribution >= 0.6 is 0 Å². The average Bonchev–Trinajstić information content (AvgIpc) is 3.11. The van der Waals surface area contributed by atoms with Crippen LogP contribution in [-0.4, -0.2) is 52.3 Å². The van der Waals surface area contributed by atoms with E-state index in [0.717, 1.165) is 16.8 Å². The summed E-state index contributed by atoms with van der Waals surface area (Å²) >= 11 is 0. The Hall–Kier alpha value is -1.70. The number of hydrogen-bond acceptors (Lipinski definition) is 4. The van der Waals surface area contributed by atoms with E-state index in [1.807, 2.05) is 28.8 Å². The molecule has 0 aliphatic carbocycles. The highest BCUT2D eigenvalue weighted by Crippen LogP contribution is 2.47. The van der Waals surface area contributed by atoms with Crippen LogP contribution in [-0.2, 0) is 10.0 Å². The molecule has 0 bridgehead atoms. The van der Waals surface area contributed by atoms with E-state index in [2.05, 4.69) is 4.98 Å². The summed E-state index contributed by atoms with van der Waals surface area (Å²) in [6.07, 6.45) is 5.09. The predicted octanol–water partition coefficient (Wildman–Crippen LogP) is 0.849. The standard InChI is InChI=1S/C15H17N3O3S/c1-22(20,21)17-7-6-15(19,9-17)14-12-5-3-2-4-11(12)13-8-16-10-18(13)14/h2-5,8,10,14,19H,6-7,9H2,1H3/t14-,15-/m0/s1. The maximum Gasteiger partial charge on any atom is 0.211 e. The summed E-state index contributed by atoms with van der Waals surface area (Å²) in [4.78, 5) is 4.18. The smallest absolute Gasteiger partial charge is 0.211 e. The molecule has 2 aliphatic rings. The fraction of sp³-hybridized carbons (Fsp3) is 0.400. The molecule has 1 aromatic carbocycles. The topological polar surface area (TPSA) is 75.4 Å². The summed E-state index contributed by atoms with van der Waals surface area (Å²) in [5, 5.41) is 11.2. The van der Waals surface area contributed by atoms with Crippen LogP contribution in [0.1, 0.15) is 18.0 Å². The van der Waals surface area contributed by atoms with E-state index in [-0.39, 0.29) is 12.6 Å². The van der Waals surface area contributed by atoms with Crippen LogP contribution in [0.2, 0.25) is 0 Å². The first kappa shape index (κ1) is 13.9. The molecule has 3 heterocycles. The Morgan fingerprint density at radius 3 is 2.86 bits per heavy atom. The van der Waals surface area contributed by atoms with Gasteiger partial charge in [0.15, 0.2) is 0 Å². The molecule has 0 amide bonds. The lowest BCUT2D eigenvalue weighted by Gasteiger charge is -2.31. The van der Waals surface area contributed by atoms with Crippen LogP contribution in [0.15, 0.2) is 36.8 Å². The molecule has 1 N–H and O–H groups in total. The van der Waals surface area contributed by atoms with Gasteiger partial charge in [0, 0.05) is 18.7 Å². The molecule has 1 fully saturated rings.